The molecule has 0 spiro atoms. The molecule has 6 aliphatic rings. The van der Waals surface area contributed by atoms with Crippen molar-refractivity contribution >= 4 is 28.5 Å². The summed E-state index contributed by atoms with van der Waals surface area (Å²) < 4.78 is 0.695. The predicted molar refractivity (Wildman–Crippen MR) is 72.6 cm³/mol. The molecule has 17 heavy (non-hydrogen) atoms. The molecule has 6 rings (SSSR count). The van der Waals surface area contributed by atoms with Gasteiger partial charge in [0.05, 0.1) is 5.41 Å². The number of carbonyl (C=O) groups excluding carboxylic acids is 1. The van der Waals surface area contributed by atoms with Gasteiger partial charge in [-0.25, -0.2) is 0 Å². The van der Waals surface area contributed by atoms with E-state index in [0.29, 0.717) is 9.33 Å². The standard InChI is InChI=1S/C14H18INO/c1-12(2,3)16(4)11(17)13-5-8-6(13)10-7(13)9(5)14(8,10)15/h5-10H,1-4H3. The molecule has 0 radical (unpaired) electrons. The van der Waals surface area contributed by atoms with Crippen molar-refractivity contribution < 1.29 is 4.79 Å². The molecule has 0 unspecified atom stereocenters. The highest BCUT2D eigenvalue weighted by atomic mass is 127. The first-order valence-electron chi connectivity index (χ1n) is 6.77. The first-order valence-corrected chi connectivity index (χ1v) is 7.85. The van der Waals surface area contributed by atoms with Crippen molar-refractivity contribution in [2.75, 3.05) is 7.05 Å². The van der Waals surface area contributed by atoms with Gasteiger partial charge in [0.1, 0.15) is 0 Å². The first kappa shape index (κ1) is 10.0. The van der Waals surface area contributed by atoms with Crippen LogP contribution >= 0.6 is 22.6 Å². The SMILES string of the molecule is CN(C(=O)C12C3C4C1C1C2C3C41I)C(C)(C)C. The van der Waals surface area contributed by atoms with E-state index in [2.05, 4.69) is 43.4 Å². The molecule has 0 aromatic rings. The van der Waals surface area contributed by atoms with Gasteiger partial charge in [-0.2, -0.15) is 0 Å². The number of carbonyl (C=O) groups is 1. The smallest absolute Gasteiger partial charge is 0.229 e. The van der Waals surface area contributed by atoms with Crippen LogP contribution < -0.4 is 0 Å². The molecule has 0 N–H and O–H groups in total. The Labute approximate surface area is 116 Å². The summed E-state index contributed by atoms with van der Waals surface area (Å²) in [6.07, 6.45) is 0. The third-order valence-corrected chi connectivity index (χ3v) is 9.35. The molecule has 92 valence electrons. The average Bonchev–Trinajstić information content (AvgIpc) is 2.27. The Bertz CT molecular complexity index is 437. The summed E-state index contributed by atoms with van der Waals surface area (Å²) in [6, 6.07) is 0. The minimum atomic E-state index is -0.0195. The van der Waals surface area contributed by atoms with E-state index in [4.69, 9.17) is 0 Å². The molecular formula is C14H18INO. The predicted octanol–water partition coefficient (Wildman–Crippen LogP) is 2.17. The Morgan fingerprint density at radius 3 is 1.82 bits per heavy atom. The lowest BCUT2D eigenvalue weighted by Gasteiger charge is -3.09. The number of hydrogen-bond acceptors (Lipinski definition) is 1. The lowest BCUT2D eigenvalue weighted by molar-refractivity contribution is -0.572. The first-order chi connectivity index (χ1) is 7.80. The van der Waals surface area contributed by atoms with Gasteiger partial charge in [-0.05, 0) is 56.3 Å². The zero-order chi connectivity index (χ0) is 12.1. The number of rotatable bonds is 1. The maximum atomic E-state index is 12.8. The van der Waals surface area contributed by atoms with Crippen molar-refractivity contribution in [2.24, 2.45) is 40.9 Å². The molecule has 6 fully saturated rings. The van der Waals surface area contributed by atoms with Gasteiger partial charge in [-0.15, -0.1) is 0 Å². The summed E-state index contributed by atoms with van der Waals surface area (Å²) in [6.45, 7) is 6.43. The van der Waals surface area contributed by atoms with E-state index < -0.39 is 0 Å². The highest BCUT2D eigenvalue weighted by Crippen LogP contribution is 3.09. The van der Waals surface area contributed by atoms with Crippen molar-refractivity contribution in [3.63, 3.8) is 0 Å². The fraction of sp³-hybridized carbons (Fsp3) is 0.929. The lowest BCUT2D eigenvalue weighted by atomic mass is 8.96. The van der Waals surface area contributed by atoms with Gasteiger partial charge in [0.15, 0.2) is 0 Å². The molecule has 0 bridgehead atoms. The summed E-state index contributed by atoms with van der Waals surface area (Å²) >= 11 is 2.72. The molecule has 0 aromatic carbocycles. The topological polar surface area (TPSA) is 20.3 Å². The van der Waals surface area contributed by atoms with E-state index >= 15 is 0 Å². The molecule has 1 amide bonds. The lowest BCUT2D eigenvalue weighted by Crippen LogP contribution is -3.12. The fourth-order valence-corrected chi connectivity index (χ4v) is 8.74. The molecule has 6 aliphatic carbocycles. The summed E-state index contributed by atoms with van der Waals surface area (Å²) in [5, 5.41) is 0. The summed E-state index contributed by atoms with van der Waals surface area (Å²) in [7, 11) is 2.00. The second-order valence-electron chi connectivity index (χ2n) is 7.95. The second-order valence-corrected chi connectivity index (χ2v) is 9.82. The molecule has 0 aliphatic heterocycles. The van der Waals surface area contributed by atoms with E-state index in [9.17, 15) is 4.79 Å². The monoisotopic (exact) mass is 343 g/mol. The summed E-state index contributed by atoms with van der Waals surface area (Å²) in [4.78, 5) is 14.8. The minimum Gasteiger partial charge on any atom is -0.340 e. The fourth-order valence-electron chi connectivity index (χ4n) is 6.42. The van der Waals surface area contributed by atoms with Crippen molar-refractivity contribution in [1.29, 1.82) is 0 Å². The molecular weight excluding hydrogens is 325 g/mol. The third-order valence-electron chi connectivity index (χ3n) is 7.19. The molecule has 6 saturated carbocycles. The Balaban J connectivity index is 1.49. The van der Waals surface area contributed by atoms with Gasteiger partial charge >= 0.3 is 0 Å². The average molecular weight is 343 g/mol. The molecule has 0 heterocycles. The zero-order valence-electron chi connectivity index (χ0n) is 10.7. The Morgan fingerprint density at radius 1 is 1.06 bits per heavy atom. The Hall–Kier alpha value is 0.200. The van der Waals surface area contributed by atoms with Crippen molar-refractivity contribution in [2.45, 2.75) is 29.7 Å². The van der Waals surface area contributed by atoms with Crippen LogP contribution in [0.4, 0.5) is 0 Å². The Kier molecular flexibility index (Phi) is 1.24. The number of hydrogen-bond donors (Lipinski definition) is 0. The van der Waals surface area contributed by atoms with Crippen LogP contribution in [0.5, 0.6) is 0 Å². The summed E-state index contributed by atoms with van der Waals surface area (Å²) in [5.41, 5.74) is 0.142. The minimum absolute atomic E-state index is 0.0195. The maximum Gasteiger partial charge on any atom is 0.229 e. The quantitative estimate of drug-likeness (QED) is 0.528. The van der Waals surface area contributed by atoms with Crippen molar-refractivity contribution in [3.8, 4) is 0 Å². The van der Waals surface area contributed by atoms with Gasteiger partial charge in [0, 0.05) is 16.0 Å². The van der Waals surface area contributed by atoms with E-state index in [1.54, 1.807) is 0 Å². The molecule has 3 heteroatoms. The zero-order valence-corrected chi connectivity index (χ0v) is 12.9. The van der Waals surface area contributed by atoms with Crippen LogP contribution in [0.2, 0.25) is 0 Å². The van der Waals surface area contributed by atoms with E-state index in [-0.39, 0.29) is 11.0 Å². The van der Waals surface area contributed by atoms with Crippen molar-refractivity contribution in [3.05, 3.63) is 0 Å². The normalized spacial score (nSPS) is 66.6. The van der Waals surface area contributed by atoms with Crippen LogP contribution in [0.25, 0.3) is 0 Å². The van der Waals surface area contributed by atoms with E-state index in [1.807, 2.05) is 11.9 Å². The third kappa shape index (κ3) is 0.563. The van der Waals surface area contributed by atoms with Gasteiger partial charge in [0.25, 0.3) is 0 Å². The van der Waals surface area contributed by atoms with Gasteiger partial charge in [-0.1, -0.05) is 22.6 Å². The van der Waals surface area contributed by atoms with Crippen molar-refractivity contribution in [1.82, 2.24) is 4.90 Å². The maximum absolute atomic E-state index is 12.8. The van der Waals surface area contributed by atoms with Crippen LogP contribution in [-0.2, 0) is 4.79 Å². The van der Waals surface area contributed by atoms with Crippen LogP contribution in [0.3, 0.4) is 0 Å². The second kappa shape index (κ2) is 2.10. The summed E-state index contributed by atoms with van der Waals surface area (Å²) in [5.74, 6) is 5.72. The number of halogens is 1. The van der Waals surface area contributed by atoms with Crippen LogP contribution in [-0.4, -0.2) is 26.8 Å². The molecule has 2 nitrogen and oxygen atoms in total. The van der Waals surface area contributed by atoms with Gasteiger partial charge in [0.2, 0.25) is 5.91 Å². The number of nitrogens with zero attached hydrogens (tertiary/aromatic N) is 1. The van der Waals surface area contributed by atoms with Gasteiger partial charge in [-0.3, -0.25) is 4.79 Å². The highest BCUT2D eigenvalue weighted by Gasteiger charge is 3.11. The molecule has 0 atom stereocenters. The molecule has 0 saturated heterocycles. The van der Waals surface area contributed by atoms with E-state index in [1.165, 1.54) is 0 Å². The highest BCUT2D eigenvalue weighted by molar-refractivity contribution is 14.1. The van der Waals surface area contributed by atoms with Crippen LogP contribution in [0.1, 0.15) is 20.8 Å². The largest absolute Gasteiger partial charge is 0.340 e. The molecule has 0 aromatic heterocycles. The van der Waals surface area contributed by atoms with E-state index in [0.717, 1.165) is 35.5 Å². The van der Waals surface area contributed by atoms with Gasteiger partial charge < -0.3 is 4.90 Å². The number of amides is 1. The van der Waals surface area contributed by atoms with Crippen LogP contribution in [0.15, 0.2) is 0 Å². The number of alkyl halides is 1. The Morgan fingerprint density at radius 2 is 1.47 bits per heavy atom. The van der Waals surface area contributed by atoms with Crippen LogP contribution in [0, 0.1) is 40.9 Å².